The summed E-state index contributed by atoms with van der Waals surface area (Å²) in [7, 11) is 1.76. The molecular weight excluding hydrogens is 364 g/mol. The van der Waals surface area contributed by atoms with Gasteiger partial charge in [-0.15, -0.1) is 11.3 Å². The summed E-state index contributed by atoms with van der Waals surface area (Å²) in [5, 5.41) is 17.1. The van der Waals surface area contributed by atoms with E-state index in [2.05, 4.69) is 32.4 Å². The summed E-state index contributed by atoms with van der Waals surface area (Å²) in [5.41, 5.74) is 2.08. The van der Waals surface area contributed by atoms with Gasteiger partial charge in [-0.1, -0.05) is 6.42 Å². The highest BCUT2D eigenvalue weighted by atomic mass is 79.9. The average molecular weight is 379 g/mol. The Hall–Kier alpha value is -1.65. The van der Waals surface area contributed by atoms with Gasteiger partial charge < -0.3 is 5.32 Å². The van der Waals surface area contributed by atoms with E-state index in [0.29, 0.717) is 20.7 Å². The molecule has 7 heteroatoms. The van der Waals surface area contributed by atoms with Crippen LogP contribution in [0.15, 0.2) is 10.7 Å². The van der Waals surface area contributed by atoms with E-state index >= 15 is 0 Å². The number of aromatic nitrogens is 2. The largest absolute Gasteiger partial charge is 0.311 e. The zero-order valence-electron chi connectivity index (χ0n) is 12.1. The number of carbonyl (C=O) groups is 1. The van der Waals surface area contributed by atoms with E-state index in [1.165, 1.54) is 22.6 Å². The smallest absolute Gasteiger partial charge is 0.277 e. The minimum Gasteiger partial charge on any atom is -0.311 e. The SMILES string of the molecule is Cn1cc(Br)c(C(=O)Nc2sc3c(c2C#N)CCCCC3)n1. The topological polar surface area (TPSA) is 70.7 Å². The maximum absolute atomic E-state index is 12.4. The van der Waals surface area contributed by atoms with Crippen molar-refractivity contribution in [3.05, 3.63) is 32.4 Å². The fourth-order valence-corrected chi connectivity index (χ4v) is 4.52. The second-order valence-electron chi connectivity index (χ2n) is 5.33. The number of hydrogen-bond donors (Lipinski definition) is 1. The highest BCUT2D eigenvalue weighted by molar-refractivity contribution is 9.10. The van der Waals surface area contributed by atoms with Gasteiger partial charge in [-0.25, -0.2) is 0 Å². The number of hydrogen-bond acceptors (Lipinski definition) is 4. The van der Waals surface area contributed by atoms with Gasteiger partial charge in [0.1, 0.15) is 11.1 Å². The minimum absolute atomic E-state index is 0.291. The zero-order chi connectivity index (χ0) is 15.7. The van der Waals surface area contributed by atoms with Crippen LogP contribution in [0.5, 0.6) is 0 Å². The van der Waals surface area contributed by atoms with E-state index in [4.69, 9.17) is 0 Å². The zero-order valence-corrected chi connectivity index (χ0v) is 14.6. The second kappa shape index (κ2) is 6.23. The molecule has 2 heterocycles. The lowest BCUT2D eigenvalue weighted by molar-refractivity contribution is 0.102. The van der Waals surface area contributed by atoms with Crippen LogP contribution < -0.4 is 5.32 Å². The highest BCUT2D eigenvalue weighted by Crippen LogP contribution is 2.37. The Bertz CT molecular complexity index is 771. The maximum Gasteiger partial charge on any atom is 0.277 e. The van der Waals surface area contributed by atoms with Crippen LogP contribution in [0, 0.1) is 11.3 Å². The predicted molar refractivity (Wildman–Crippen MR) is 89.2 cm³/mol. The summed E-state index contributed by atoms with van der Waals surface area (Å²) in [5.74, 6) is -0.291. The number of nitrogens with zero attached hydrogens (tertiary/aromatic N) is 3. The van der Waals surface area contributed by atoms with Crippen LogP contribution >= 0.6 is 27.3 Å². The Morgan fingerprint density at radius 2 is 2.23 bits per heavy atom. The molecule has 0 unspecified atom stereocenters. The first kappa shape index (κ1) is 15.3. The number of thiophene rings is 1. The average Bonchev–Trinajstić information content (AvgIpc) is 2.88. The molecule has 2 aromatic heterocycles. The van der Waals surface area contributed by atoms with Gasteiger partial charge in [-0.2, -0.15) is 10.4 Å². The molecule has 0 atom stereocenters. The molecule has 0 saturated carbocycles. The first-order valence-corrected chi connectivity index (χ1v) is 8.76. The molecule has 0 bridgehead atoms. The number of nitriles is 1. The van der Waals surface area contributed by atoms with Crippen molar-refractivity contribution in [3.8, 4) is 6.07 Å². The van der Waals surface area contributed by atoms with E-state index in [1.54, 1.807) is 17.9 Å². The molecule has 0 saturated heterocycles. The molecule has 1 N–H and O–H groups in total. The van der Waals surface area contributed by atoms with Gasteiger partial charge >= 0.3 is 0 Å². The van der Waals surface area contributed by atoms with Crippen LogP contribution in [0.1, 0.15) is 45.8 Å². The Balaban J connectivity index is 1.91. The maximum atomic E-state index is 12.4. The monoisotopic (exact) mass is 378 g/mol. The number of halogens is 1. The van der Waals surface area contributed by atoms with Gasteiger partial charge in [0, 0.05) is 18.1 Å². The molecule has 2 aromatic rings. The van der Waals surface area contributed by atoms with Crippen molar-refractivity contribution < 1.29 is 4.79 Å². The Labute approximate surface area is 141 Å². The molecule has 1 aliphatic rings. The molecule has 1 aliphatic carbocycles. The van der Waals surface area contributed by atoms with E-state index in [9.17, 15) is 10.1 Å². The normalized spacial score (nSPS) is 14.0. The van der Waals surface area contributed by atoms with Gasteiger partial charge in [0.25, 0.3) is 5.91 Å². The Morgan fingerprint density at radius 1 is 1.45 bits per heavy atom. The third-order valence-electron chi connectivity index (χ3n) is 3.76. The molecule has 0 aromatic carbocycles. The molecule has 0 aliphatic heterocycles. The molecule has 1 amide bonds. The summed E-state index contributed by atoms with van der Waals surface area (Å²) in [6.07, 6.45) is 7.11. The summed E-state index contributed by atoms with van der Waals surface area (Å²) < 4.78 is 2.22. The van der Waals surface area contributed by atoms with Crippen molar-refractivity contribution in [1.82, 2.24) is 9.78 Å². The number of nitrogens with one attached hydrogen (secondary N) is 1. The summed E-state index contributed by atoms with van der Waals surface area (Å²) in [4.78, 5) is 13.6. The van der Waals surface area contributed by atoms with Gasteiger partial charge in [-0.3, -0.25) is 9.48 Å². The minimum atomic E-state index is -0.291. The van der Waals surface area contributed by atoms with Crippen molar-refractivity contribution in [3.63, 3.8) is 0 Å². The highest BCUT2D eigenvalue weighted by Gasteiger charge is 2.22. The van der Waals surface area contributed by atoms with Gasteiger partial charge in [-0.05, 0) is 47.2 Å². The van der Waals surface area contributed by atoms with Crippen molar-refractivity contribution in [1.29, 1.82) is 5.26 Å². The number of carbonyl (C=O) groups excluding carboxylic acids is 1. The molecule has 0 radical (unpaired) electrons. The van der Waals surface area contributed by atoms with Crippen LogP contribution in [-0.2, 0) is 19.9 Å². The van der Waals surface area contributed by atoms with E-state index in [1.807, 2.05) is 0 Å². The molecule has 114 valence electrons. The van der Waals surface area contributed by atoms with Crippen LogP contribution in [0.3, 0.4) is 0 Å². The fourth-order valence-electron chi connectivity index (χ4n) is 2.72. The van der Waals surface area contributed by atoms with Gasteiger partial charge in [0.05, 0.1) is 10.0 Å². The quantitative estimate of drug-likeness (QED) is 0.810. The summed E-state index contributed by atoms with van der Waals surface area (Å²) in [6.45, 7) is 0. The first-order valence-electron chi connectivity index (χ1n) is 7.15. The van der Waals surface area contributed by atoms with E-state index in [0.717, 1.165) is 31.2 Å². The molecule has 0 fully saturated rings. The Morgan fingerprint density at radius 3 is 2.91 bits per heavy atom. The van der Waals surface area contributed by atoms with Crippen molar-refractivity contribution in [2.75, 3.05) is 5.32 Å². The standard InChI is InChI=1S/C15H15BrN4OS/c1-20-8-11(16)13(19-20)14(21)18-15-10(7-17)9-5-3-2-4-6-12(9)22-15/h8H,2-6H2,1H3,(H,18,21). The van der Waals surface area contributed by atoms with Gasteiger partial charge in [0.2, 0.25) is 0 Å². The Kier molecular flexibility index (Phi) is 4.32. The van der Waals surface area contributed by atoms with Crippen molar-refractivity contribution in [2.24, 2.45) is 7.05 Å². The van der Waals surface area contributed by atoms with Crippen LogP contribution in [0.4, 0.5) is 5.00 Å². The van der Waals surface area contributed by atoms with Crippen LogP contribution in [0.2, 0.25) is 0 Å². The van der Waals surface area contributed by atoms with Crippen molar-refractivity contribution >= 4 is 38.2 Å². The first-order chi connectivity index (χ1) is 10.6. The summed E-state index contributed by atoms with van der Waals surface area (Å²) in [6, 6.07) is 2.27. The van der Waals surface area contributed by atoms with Gasteiger partial charge in [0.15, 0.2) is 5.69 Å². The molecular formula is C15H15BrN4OS. The van der Waals surface area contributed by atoms with E-state index < -0.39 is 0 Å². The number of amides is 1. The summed E-state index contributed by atoms with van der Waals surface area (Å²) >= 11 is 4.86. The number of aryl methyl sites for hydroxylation is 2. The number of anilines is 1. The lowest BCUT2D eigenvalue weighted by Crippen LogP contribution is -2.13. The lowest BCUT2D eigenvalue weighted by Gasteiger charge is -2.02. The van der Waals surface area contributed by atoms with Crippen molar-refractivity contribution in [2.45, 2.75) is 32.1 Å². The third kappa shape index (κ3) is 2.81. The number of rotatable bonds is 2. The lowest BCUT2D eigenvalue weighted by atomic mass is 10.1. The van der Waals surface area contributed by atoms with Crippen LogP contribution in [-0.4, -0.2) is 15.7 Å². The number of fused-ring (bicyclic) bond motifs is 1. The second-order valence-corrected chi connectivity index (χ2v) is 7.29. The van der Waals surface area contributed by atoms with E-state index in [-0.39, 0.29) is 5.91 Å². The molecule has 5 nitrogen and oxygen atoms in total. The molecule has 22 heavy (non-hydrogen) atoms. The fraction of sp³-hybridized carbons (Fsp3) is 0.400. The molecule has 3 rings (SSSR count). The van der Waals surface area contributed by atoms with Crippen LogP contribution in [0.25, 0.3) is 0 Å². The predicted octanol–water partition coefficient (Wildman–Crippen LogP) is 3.64. The molecule has 0 spiro atoms. The third-order valence-corrected chi connectivity index (χ3v) is 5.55.